The van der Waals surface area contributed by atoms with Gasteiger partial charge in [0.1, 0.15) is 6.04 Å². The summed E-state index contributed by atoms with van der Waals surface area (Å²) in [4.78, 5) is 35.9. The van der Waals surface area contributed by atoms with Crippen LogP contribution in [0.15, 0.2) is 30.3 Å². The van der Waals surface area contributed by atoms with Crippen LogP contribution in [-0.4, -0.2) is 30.3 Å². The molecular formula is C22H33N3O3. The molecule has 0 bridgehead atoms. The molecule has 6 nitrogen and oxygen atoms in total. The van der Waals surface area contributed by atoms with Crippen molar-refractivity contribution in [2.45, 2.75) is 70.3 Å². The Kier molecular flexibility index (Phi) is 9.52. The molecule has 4 N–H and O–H groups in total. The van der Waals surface area contributed by atoms with Crippen molar-refractivity contribution in [2.75, 3.05) is 6.54 Å². The van der Waals surface area contributed by atoms with Crippen molar-refractivity contribution in [1.82, 2.24) is 10.6 Å². The molecule has 1 aromatic carbocycles. The number of carbonyl (C=O) groups is 3. The van der Waals surface area contributed by atoms with Crippen LogP contribution in [-0.2, 0) is 20.8 Å². The summed E-state index contributed by atoms with van der Waals surface area (Å²) in [6, 6.07) is 8.90. The molecule has 2 rings (SSSR count). The van der Waals surface area contributed by atoms with Crippen LogP contribution in [0, 0.1) is 5.92 Å². The Morgan fingerprint density at radius 3 is 2.46 bits per heavy atom. The van der Waals surface area contributed by atoms with Crippen LogP contribution >= 0.6 is 0 Å². The van der Waals surface area contributed by atoms with Crippen LogP contribution < -0.4 is 16.4 Å². The number of hydrogen-bond acceptors (Lipinski definition) is 3. The summed E-state index contributed by atoms with van der Waals surface area (Å²) in [6.45, 7) is 0.440. The summed E-state index contributed by atoms with van der Waals surface area (Å²) in [5.41, 5.74) is 6.37. The van der Waals surface area contributed by atoms with Gasteiger partial charge in [0.05, 0.1) is 6.42 Å². The van der Waals surface area contributed by atoms with Gasteiger partial charge in [-0.2, -0.15) is 0 Å². The highest BCUT2D eigenvalue weighted by molar-refractivity contribution is 5.91. The fraction of sp³-hybridized carbons (Fsp3) is 0.591. The van der Waals surface area contributed by atoms with Gasteiger partial charge < -0.3 is 16.4 Å². The quantitative estimate of drug-likeness (QED) is 0.543. The highest BCUT2D eigenvalue weighted by atomic mass is 16.2. The van der Waals surface area contributed by atoms with Crippen molar-refractivity contribution in [3.8, 4) is 0 Å². The first-order valence-corrected chi connectivity index (χ1v) is 10.4. The fourth-order valence-corrected chi connectivity index (χ4v) is 3.80. The molecule has 1 saturated carbocycles. The van der Waals surface area contributed by atoms with E-state index in [1.165, 1.54) is 32.1 Å². The van der Waals surface area contributed by atoms with Crippen LogP contribution in [0.2, 0.25) is 0 Å². The molecule has 1 aliphatic carbocycles. The van der Waals surface area contributed by atoms with Crippen molar-refractivity contribution in [3.63, 3.8) is 0 Å². The molecule has 0 saturated heterocycles. The third kappa shape index (κ3) is 8.55. The average Bonchev–Trinajstić information content (AvgIpc) is 2.68. The first-order valence-electron chi connectivity index (χ1n) is 10.4. The first-order chi connectivity index (χ1) is 13.5. The summed E-state index contributed by atoms with van der Waals surface area (Å²) in [7, 11) is 0. The molecular weight excluding hydrogens is 354 g/mol. The van der Waals surface area contributed by atoms with E-state index in [1.54, 1.807) is 0 Å². The van der Waals surface area contributed by atoms with Gasteiger partial charge in [0, 0.05) is 13.0 Å². The molecule has 1 aromatic rings. The van der Waals surface area contributed by atoms with E-state index in [4.69, 9.17) is 5.73 Å². The molecule has 28 heavy (non-hydrogen) atoms. The van der Waals surface area contributed by atoms with E-state index in [2.05, 4.69) is 10.6 Å². The van der Waals surface area contributed by atoms with Crippen molar-refractivity contribution in [3.05, 3.63) is 35.9 Å². The Morgan fingerprint density at radius 2 is 1.79 bits per heavy atom. The minimum absolute atomic E-state index is 0.189. The standard InChI is InChI=1S/C22H33N3O3/c23-20(26)16-19(22(28)24-15-14-18-10-5-2-6-11-18)25-21(27)13-7-12-17-8-3-1-4-9-17/h2,5-6,10-11,17,19H,1,3-4,7-9,12-16H2,(H2,23,26)(H,24,28)(H,25,27). The summed E-state index contributed by atoms with van der Waals surface area (Å²) < 4.78 is 0. The van der Waals surface area contributed by atoms with Crippen LogP contribution in [0.1, 0.15) is 63.4 Å². The highest BCUT2D eigenvalue weighted by Crippen LogP contribution is 2.27. The van der Waals surface area contributed by atoms with Gasteiger partial charge in [0.25, 0.3) is 0 Å². The number of hydrogen-bond donors (Lipinski definition) is 3. The number of nitrogens with one attached hydrogen (secondary N) is 2. The second-order valence-electron chi connectivity index (χ2n) is 7.71. The van der Waals surface area contributed by atoms with Gasteiger partial charge >= 0.3 is 0 Å². The summed E-state index contributed by atoms with van der Waals surface area (Å²) >= 11 is 0. The Labute approximate surface area is 167 Å². The van der Waals surface area contributed by atoms with E-state index >= 15 is 0 Å². The highest BCUT2D eigenvalue weighted by Gasteiger charge is 2.22. The lowest BCUT2D eigenvalue weighted by atomic mass is 9.86. The van der Waals surface area contributed by atoms with Crippen molar-refractivity contribution in [2.24, 2.45) is 11.7 Å². The summed E-state index contributed by atoms with van der Waals surface area (Å²) in [5.74, 6) is -0.439. The fourth-order valence-electron chi connectivity index (χ4n) is 3.80. The average molecular weight is 388 g/mol. The Hall–Kier alpha value is -2.37. The van der Waals surface area contributed by atoms with Crippen molar-refractivity contribution in [1.29, 1.82) is 0 Å². The minimum atomic E-state index is -0.907. The molecule has 0 heterocycles. The maximum atomic E-state index is 12.4. The molecule has 3 amide bonds. The van der Waals surface area contributed by atoms with E-state index < -0.39 is 11.9 Å². The number of nitrogens with two attached hydrogens (primary N) is 1. The van der Waals surface area contributed by atoms with E-state index in [0.717, 1.165) is 24.3 Å². The maximum absolute atomic E-state index is 12.4. The van der Waals surface area contributed by atoms with Gasteiger partial charge in [0.2, 0.25) is 17.7 Å². The minimum Gasteiger partial charge on any atom is -0.370 e. The molecule has 1 unspecified atom stereocenters. The van der Waals surface area contributed by atoms with Crippen LogP contribution in [0.5, 0.6) is 0 Å². The normalized spacial score (nSPS) is 15.6. The van der Waals surface area contributed by atoms with Gasteiger partial charge in [0.15, 0.2) is 0 Å². The zero-order valence-corrected chi connectivity index (χ0v) is 16.6. The second-order valence-corrected chi connectivity index (χ2v) is 7.71. The summed E-state index contributed by atoms with van der Waals surface area (Å²) in [5, 5.41) is 5.47. The SMILES string of the molecule is NC(=O)CC(NC(=O)CCCC1CCCCC1)C(=O)NCCc1ccccc1. The molecule has 0 aliphatic heterocycles. The third-order valence-corrected chi connectivity index (χ3v) is 5.35. The summed E-state index contributed by atoms with van der Waals surface area (Å²) in [6.07, 6.45) is 9.17. The third-order valence-electron chi connectivity index (χ3n) is 5.35. The first kappa shape index (κ1) is 21.9. The maximum Gasteiger partial charge on any atom is 0.243 e. The Balaban J connectivity index is 1.72. The smallest absolute Gasteiger partial charge is 0.243 e. The predicted molar refractivity (Wildman–Crippen MR) is 109 cm³/mol. The predicted octanol–water partition coefficient (Wildman–Crippen LogP) is 2.46. The largest absolute Gasteiger partial charge is 0.370 e. The number of benzene rings is 1. The van der Waals surface area contributed by atoms with E-state index in [9.17, 15) is 14.4 Å². The number of primary amides is 1. The van der Waals surface area contributed by atoms with Gasteiger partial charge in [-0.25, -0.2) is 0 Å². The number of amides is 3. The van der Waals surface area contributed by atoms with Gasteiger partial charge in [-0.15, -0.1) is 0 Å². The Bertz CT molecular complexity index is 627. The zero-order chi connectivity index (χ0) is 20.2. The lowest BCUT2D eigenvalue weighted by Crippen LogP contribution is -2.49. The zero-order valence-electron chi connectivity index (χ0n) is 16.6. The van der Waals surface area contributed by atoms with E-state index in [-0.39, 0.29) is 18.2 Å². The number of carbonyl (C=O) groups excluding carboxylic acids is 3. The molecule has 0 aromatic heterocycles. The number of rotatable bonds is 11. The van der Waals surface area contributed by atoms with Crippen molar-refractivity contribution < 1.29 is 14.4 Å². The van der Waals surface area contributed by atoms with Crippen LogP contribution in [0.25, 0.3) is 0 Å². The van der Waals surface area contributed by atoms with E-state index in [0.29, 0.717) is 19.4 Å². The Morgan fingerprint density at radius 1 is 1.07 bits per heavy atom. The second kappa shape index (κ2) is 12.2. The molecule has 1 aliphatic rings. The van der Waals surface area contributed by atoms with E-state index in [1.807, 2.05) is 30.3 Å². The molecule has 6 heteroatoms. The molecule has 0 spiro atoms. The lowest BCUT2D eigenvalue weighted by molar-refractivity contribution is -0.131. The van der Waals surface area contributed by atoms with Crippen LogP contribution in [0.4, 0.5) is 0 Å². The topological polar surface area (TPSA) is 101 Å². The monoisotopic (exact) mass is 387 g/mol. The van der Waals surface area contributed by atoms with Gasteiger partial charge in [-0.05, 0) is 30.7 Å². The van der Waals surface area contributed by atoms with Crippen LogP contribution in [0.3, 0.4) is 0 Å². The molecule has 1 atom stereocenters. The molecule has 0 radical (unpaired) electrons. The lowest BCUT2D eigenvalue weighted by Gasteiger charge is -2.21. The van der Waals surface area contributed by atoms with Gasteiger partial charge in [-0.1, -0.05) is 62.4 Å². The molecule has 154 valence electrons. The van der Waals surface area contributed by atoms with Crippen molar-refractivity contribution >= 4 is 17.7 Å². The van der Waals surface area contributed by atoms with Gasteiger partial charge in [-0.3, -0.25) is 14.4 Å². The molecule has 1 fully saturated rings.